The van der Waals surface area contributed by atoms with Crippen LogP contribution in [0.15, 0.2) is 16.7 Å². The van der Waals surface area contributed by atoms with Crippen LogP contribution >= 0.6 is 0 Å². The lowest BCUT2D eigenvalue weighted by atomic mass is 9.40. The van der Waals surface area contributed by atoms with Crippen molar-refractivity contribution in [1.29, 1.82) is 0 Å². The highest BCUT2D eigenvalue weighted by molar-refractivity contribution is 5.66. The molecule has 3 aliphatic carbocycles. The van der Waals surface area contributed by atoms with Gasteiger partial charge >= 0.3 is 5.97 Å². The third-order valence-electron chi connectivity index (χ3n) is 8.31. The molecule has 0 saturated heterocycles. The number of furan rings is 1. The summed E-state index contributed by atoms with van der Waals surface area (Å²) < 4.78 is 11.6. The Morgan fingerprint density at radius 1 is 1.31 bits per heavy atom. The number of hydrogen-bond acceptors (Lipinski definition) is 4. The Morgan fingerprint density at radius 2 is 2.04 bits per heavy atom. The fraction of sp³-hybridized carbons (Fsp3) is 0.773. The number of esters is 1. The maximum atomic E-state index is 12.2. The van der Waals surface area contributed by atoms with Gasteiger partial charge in [-0.2, -0.15) is 0 Å². The van der Waals surface area contributed by atoms with Crippen molar-refractivity contribution in [2.24, 2.45) is 22.7 Å². The molecule has 2 fully saturated rings. The predicted molar refractivity (Wildman–Crippen MR) is 98.7 cm³/mol. The number of carbonyl (C=O) groups excluding carboxylic acids is 1. The predicted octanol–water partition coefficient (Wildman–Crippen LogP) is 4.45. The van der Waals surface area contributed by atoms with Crippen LogP contribution in [0.4, 0.5) is 0 Å². The van der Waals surface area contributed by atoms with E-state index in [0.29, 0.717) is 17.8 Å². The smallest absolute Gasteiger partial charge is 0.303 e. The SMILES string of the molecule is CC(=O)O[C@@H]1C[C@@H]2[C@H](C)c3ccoc3C[C@H]2[C@]2(C)CCCC(C)(C)[C@@]12O. The number of carbonyl (C=O) groups is 1. The third-order valence-corrected chi connectivity index (χ3v) is 8.31. The largest absolute Gasteiger partial charge is 0.469 e. The molecule has 2 saturated carbocycles. The molecule has 4 rings (SSSR count). The summed E-state index contributed by atoms with van der Waals surface area (Å²) in [5.41, 5.74) is -0.319. The van der Waals surface area contributed by atoms with E-state index in [2.05, 4.69) is 33.8 Å². The van der Waals surface area contributed by atoms with Gasteiger partial charge in [-0.25, -0.2) is 0 Å². The molecule has 1 aromatic heterocycles. The first kappa shape index (κ1) is 18.1. The molecule has 3 aliphatic rings. The van der Waals surface area contributed by atoms with E-state index in [1.165, 1.54) is 12.5 Å². The molecule has 0 bridgehead atoms. The van der Waals surface area contributed by atoms with Crippen LogP contribution in [-0.4, -0.2) is 22.8 Å². The molecule has 0 aliphatic heterocycles. The van der Waals surface area contributed by atoms with Gasteiger partial charge in [0.15, 0.2) is 0 Å². The molecule has 1 aromatic rings. The second-order valence-electron chi connectivity index (χ2n) is 9.82. The second-order valence-corrected chi connectivity index (χ2v) is 9.82. The van der Waals surface area contributed by atoms with Crippen molar-refractivity contribution < 1.29 is 19.1 Å². The molecule has 4 heteroatoms. The summed E-state index contributed by atoms with van der Waals surface area (Å²) >= 11 is 0. The van der Waals surface area contributed by atoms with Crippen molar-refractivity contribution in [2.75, 3.05) is 0 Å². The average Bonchev–Trinajstić information content (AvgIpc) is 3.01. The maximum Gasteiger partial charge on any atom is 0.303 e. The average molecular weight is 360 g/mol. The Kier molecular flexibility index (Phi) is 3.90. The van der Waals surface area contributed by atoms with Crippen LogP contribution in [-0.2, 0) is 16.0 Å². The van der Waals surface area contributed by atoms with E-state index in [-0.39, 0.29) is 16.8 Å². The molecule has 4 nitrogen and oxygen atoms in total. The fourth-order valence-electron chi connectivity index (χ4n) is 6.99. The second kappa shape index (κ2) is 5.60. The Balaban J connectivity index is 1.85. The van der Waals surface area contributed by atoms with Crippen molar-refractivity contribution in [3.8, 4) is 0 Å². The van der Waals surface area contributed by atoms with Crippen LogP contribution in [0.25, 0.3) is 0 Å². The van der Waals surface area contributed by atoms with Crippen LogP contribution in [0.3, 0.4) is 0 Å². The minimum absolute atomic E-state index is 0.293. The molecule has 1 N–H and O–H groups in total. The van der Waals surface area contributed by atoms with Crippen LogP contribution in [0.5, 0.6) is 0 Å². The Hall–Kier alpha value is -1.29. The van der Waals surface area contributed by atoms with Crippen LogP contribution in [0, 0.1) is 22.7 Å². The zero-order valence-corrected chi connectivity index (χ0v) is 16.7. The fourth-order valence-corrected chi connectivity index (χ4v) is 6.99. The van der Waals surface area contributed by atoms with Gasteiger partial charge in [0.1, 0.15) is 17.5 Å². The molecular weight excluding hydrogens is 328 g/mol. The molecule has 1 heterocycles. The van der Waals surface area contributed by atoms with Gasteiger partial charge in [0.05, 0.1) is 6.26 Å². The van der Waals surface area contributed by atoms with Gasteiger partial charge in [0.25, 0.3) is 0 Å². The normalized spacial score (nSPS) is 43.8. The summed E-state index contributed by atoms with van der Waals surface area (Å²) in [4.78, 5) is 11.9. The summed E-state index contributed by atoms with van der Waals surface area (Å²) in [6.45, 7) is 10.2. The summed E-state index contributed by atoms with van der Waals surface area (Å²) in [6.07, 6.45) is 5.97. The quantitative estimate of drug-likeness (QED) is 0.752. The van der Waals surface area contributed by atoms with E-state index in [0.717, 1.165) is 37.9 Å². The Labute approximate surface area is 156 Å². The number of hydrogen-bond donors (Lipinski definition) is 1. The van der Waals surface area contributed by atoms with Gasteiger partial charge in [-0.15, -0.1) is 0 Å². The molecule has 26 heavy (non-hydrogen) atoms. The molecule has 144 valence electrons. The highest BCUT2D eigenvalue weighted by atomic mass is 16.6. The standard InChI is InChI=1S/C22H32O4/c1-13-15-7-10-25-18(15)12-17-16(13)11-19(26-14(2)23)22(24)20(3,4)8-6-9-21(17,22)5/h7,10,13,16-17,19,24H,6,8-9,11-12H2,1-5H3/t13-,16-,17-,19-,21+,22+/m1/s1. The van der Waals surface area contributed by atoms with E-state index >= 15 is 0 Å². The van der Waals surface area contributed by atoms with Gasteiger partial charge in [0, 0.05) is 18.8 Å². The number of aliphatic hydroxyl groups is 1. The van der Waals surface area contributed by atoms with Gasteiger partial charge in [-0.3, -0.25) is 4.79 Å². The van der Waals surface area contributed by atoms with Crippen molar-refractivity contribution in [2.45, 2.75) is 84.3 Å². The molecule has 6 atom stereocenters. The minimum Gasteiger partial charge on any atom is -0.469 e. The Bertz CT molecular complexity index is 719. The summed E-state index contributed by atoms with van der Waals surface area (Å²) in [6, 6.07) is 2.09. The van der Waals surface area contributed by atoms with Crippen LogP contribution in [0.1, 0.15) is 77.5 Å². The molecule has 0 unspecified atom stereocenters. The topological polar surface area (TPSA) is 59.7 Å². The number of rotatable bonds is 1. The van der Waals surface area contributed by atoms with Crippen molar-refractivity contribution in [3.05, 3.63) is 23.7 Å². The molecule has 0 aromatic carbocycles. The zero-order chi connectivity index (χ0) is 18.9. The third kappa shape index (κ3) is 2.14. The number of ether oxygens (including phenoxy) is 1. The van der Waals surface area contributed by atoms with Crippen molar-refractivity contribution in [1.82, 2.24) is 0 Å². The summed E-state index contributed by atoms with van der Waals surface area (Å²) in [5.74, 6) is 1.87. The summed E-state index contributed by atoms with van der Waals surface area (Å²) in [7, 11) is 0. The van der Waals surface area contributed by atoms with E-state index in [9.17, 15) is 9.90 Å². The van der Waals surface area contributed by atoms with Gasteiger partial charge in [0.2, 0.25) is 0 Å². The first-order valence-electron chi connectivity index (χ1n) is 10.1. The molecule has 0 spiro atoms. The lowest BCUT2D eigenvalue weighted by molar-refractivity contribution is -0.290. The van der Waals surface area contributed by atoms with Crippen LogP contribution < -0.4 is 0 Å². The highest BCUT2D eigenvalue weighted by Crippen LogP contribution is 2.67. The van der Waals surface area contributed by atoms with Crippen molar-refractivity contribution >= 4 is 5.97 Å². The Morgan fingerprint density at radius 3 is 2.73 bits per heavy atom. The minimum atomic E-state index is -1.02. The highest BCUT2D eigenvalue weighted by Gasteiger charge is 2.70. The van der Waals surface area contributed by atoms with Crippen LogP contribution in [0.2, 0.25) is 0 Å². The van der Waals surface area contributed by atoms with E-state index in [1.807, 2.05) is 0 Å². The first-order valence-corrected chi connectivity index (χ1v) is 10.1. The lowest BCUT2D eigenvalue weighted by Crippen LogP contribution is -2.72. The monoisotopic (exact) mass is 360 g/mol. The molecule has 0 radical (unpaired) electrons. The maximum absolute atomic E-state index is 12.2. The van der Waals surface area contributed by atoms with Gasteiger partial charge < -0.3 is 14.3 Å². The first-order chi connectivity index (χ1) is 12.1. The van der Waals surface area contributed by atoms with E-state index < -0.39 is 11.7 Å². The van der Waals surface area contributed by atoms with Gasteiger partial charge in [-0.05, 0) is 54.1 Å². The number of fused-ring (bicyclic) bond motifs is 4. The molecule has 0 amide bonds. The lowest BCUT2D eigenvalue weighted by Gasteiger charge is -2.67. The zero-order valence-electron chi connectivity index (χ0n) is 16.7. The summed E-state index contributed by atoms with van der Waals surface area (Å²) in [5, 5.41) is 12.2. The van der Waals surface area contributed by atoms with E-state index in [1.54, 1.807) is 6.26 Å². The molecular formula is C22H32O4. The van der Waals surface area contributed by atoms with Crippen molar-refractivity contribution in [3.63, 3.8) is 0 Å². The van der Waals surface area contributed by atoms with Gasteiger partial charge in [-0.1, -0.05) is 34.1 Å². The van der Waals surface area contributed by atoms with E-state index in [4.69, 9.17) is 9.15 Å².